The molecule has 1 amide bonds. The lowest BCUT2D eigenvalue weighted by molar-refractivity contribution is -0.127. The van der Waals surface area contributed by atoms with Gasteiger partial charge in [0.05, 0.1) is 6.04 Å². The number of hydrazine groups is 1. The Morgan fingerprint density at radius 1 is 1.50 bits per heavy atom. The quantitative estimate of drug-likeness (QED) is 0.391. The molecule has 3 N–H and O–H groups in total. The van der Waals surface area contributed by atoms with Crippen molar-refractivity contribution < 1.29 is 4.79 Å². The van der Waals surface area contributed by atoms with Crippen molar-refractivity contribution in [1.82, 2.24) is 10.3 Å². The highest BCUT2D eigenvalue weighted by atomic mass is 16.2. The van der Waals surface area contributed by atoms with Gasteiger partial charge in [0.15, 0.2) is 0 Å². The molecule has 1 saturated carbocycles. The zero-order valence-corrected chi connectivity index (χ0v) is 10.7. The van der Waals surface area contributed by atoms with Crippen LogP contribution in [0.3, 0.4) is 0 Å². The number of nitrogens with zero attached hydrogens (tertiary/aromatic N) is 1. The third-order valence-corrected chi connectivity index (χ3v) is 3.24. The Labute approximate surface area is 98.5 Å². The van der Waals surface area contributed by atoms with Crippen LogP contribution in [0.5, 0.6) is 0 Å². The molecule has 0 aromatic carbocycles. The zero-order valence-electron chi connectivity index (χ0n) is 10.7. The van der Waals surface area contributed by atoms with Gasteiger partial charge >= 0.3 is 0 Å². The first kappa shape index (κ1) is 13.5. The molecule has 0 radical (unpaired) electrons. The first-order chi connectivity index (χ1) is 7.60. The second-order valence-corrected chi connectivity index (χ2v) is 5.05. The van der Waals surface area contributed by atoms with Crippen molar-refractivity contribution in [1.29, 1.82) is 0 Å². The summed E-state index contributed by atoms with van der Waals surface area (Å²) in [4.78, 5) is 14.1. The van der Waals surface area contributed by atoms with E-state index in [9.17, 15) is 4.79 Å². The SMILES string of the molecule is CCCC(C(=O)NN)N(CC1CC1)C(C)C. The standard InChI is InChI=1S/C12H25N3O/c1-4-5-11(12(16)14-13)15(9(2)3)8-10-6-7-10/h9-11H,4-8,13H2,1-3H3,(H,14,16). The number of carbonyl (C=O) groups excluding carboxylic acids is 1. The summed E-state index contributed by atoms with van der Waals surface area (Å²) in [5, 5.41) is 0. The molecular weight excluding hydrogens is 202 g/mol. The number of rotatable bonds is 7. The van der Waals surface area contributed by atoms with Crippen molar-refractivity contribution in [3.05, 3.63) is 0 Å². The van der Waals surface area contributed by atoms with Gasteiger partial charge in [-0.2, -0.15) is 0 Å². The Bertz CT molecular complexity index is 226. The molecule has 0 aliphatic heterocycles. The topological polar surface area (TPSA) is 58.4 Å². The molecule has 0 aromatic rings. The Morgan fingerprint density at radius 2 is 2.12 bits per heavy atom. The van der Waals surface area contributed by atoms with Crippen molar-refractivity contribution in [2.75, 3.05) is 6.54 Å². The first-order valence-corrected chi connectivity index (χ1v) is 6.36. The molecular formula is C12H25N3O. The zero-order chi connectivity index (χ0) is 12.1. The fourth-order valence-corrected chi connectivity index (χ4v) is 2.11. The average Bonchev–Trinajstić information content (AvgIpc) is 3.05. The fourth-order valence-electron chi connectivity index (χ4n) is 2.11. The molecule has 0 spiro atoms. The lowest BCUT2D eigenvalue weighted by Crippen LogP contribution is -2.52. The van der Waals surface area contributed by atoms with Crippen molar-refractivity contribution in [2.45, 2.75) is 58.5 Å². The second kappa shape index (κ2) is 6.21. The molecule has 4 nitrogen and oxygen atoms in total. The molecule has 1 unspecified atom stereocenters. The normalized spacial score (nSPS) is 17.9. The first-order valence-electron chi connectivity index (χ1n) is 6.36. The highest BCUT2D eigenvalue weighted by Crippen LogP contribution is 2.31. The molecule has 1 fully saturated rings. The smallest absolute Gasteiger partial charge is 0.251 e. The van der Waals surface area contributed by atoms with Gasteiger partial charge in [-0.15, -0.1) is 0 Å². The summed E-state index contributed by atoms with van der Waals surface area (Å²) in [7, 11) is 0. The van der Waals surface area contributed by atoms with Crippen LogP contribution in [0.1, 0.15) is 46.5 Å². The number of nitrogens with one attached hydrogen (secondary N) is 1. The van der Waals surface area contributed by atoms with Gasteiger partial charge in [-0.1, -0.05) is 13.3 Å². The van der Waals surface area contributed by atoms with Crippen LogP contribution in [0.25, 0.3) is 0 Å². The highest BCUT2D eigenvalue weighted by Gasteiger charge is 2.32. The van der Waals surface area contributed by atoms with Crippen LogP contribution < -0.4 is 11.3 Å². The fraction of sp³-hybridized carbons (Fsp3) is 0.917. The minimum absolute atomic E-state index is 0.0452. The maximum absolute atomic E-state index is 11.8. The maximum atomic E-state index is 11.8. The minimum Gasteiger partial charge on any atom is -0.293 e. The van der Waals surface area contributed by atoms with Gasteiger partial charge in [0.2, 0.25) is 0 Å². The summed E-state index contributed by atoms with van der Waals surface area (Å²) in [5.74, 6) is 6.01. The molecule has 1 atom stereocenters. The lowest BCUT2D eigenvalue weighted by Gasteiger charge is -2.33. The van der Waals surface area contributed by atoms with E-state index in [0.29, 0.717) is 6.04 Å². The highest BCUT2D eigenvalue weighted by molar-refractivity contribution is 5.81. The largest absolute Gasteiger partial charge is 0.293 e. The molecule has 16 heavy (non-hydrogen) atoms. The number of carbonyl (C=O) groups is 1. The monoisotopic (exact) mass is 227 g/mol. The van der Waals surface area contributed by atoms with Crippen LogP contribution in [-0.4, -0.2) is 29.4 Å². The second-order valence-electron chi connectivity index (χ2n) is 5.05. The summed E-state index contributed by atoms with van der Waals surface area (Å²) >= 11 is 0. The number of nitrogens with two attached hydrogens (primary N) is 1. The van der Waals surface area contributed by atoms with E-state index in [0.717, 1.165) is 25.3 Å². The predicted octanol–water partition coefficient (Wildman–Crippen LogP) is 1.27. The molecule has 4 heteroatoms. The molecule has 1 aliphatic carbocycles. The van der Waals surface area contributed by atoms with Crippen LogP contribution in [-0.2, 0) is 4.79 Å². The third kappa shape index (κ3) is 3.76. The van der Waals surface area contributed by atoms with Crippen LogP contribution in [0.2, 0.25) is 0 Å². The van der Waals surface area contributed by atoms with Gasteiger partial charge < -0.3 is 0 Å². The van der Waals surface area contributed by atoms with Gasteiger partial charge in [0.1, 0.15) is 0 Å². The van der Waals surface area contributed by atoms with E-state index in [-0.39, 0.29) is 11.9 Å². The minimum atomic E-state index is -0.0596. The Kier molecular flexibility index (Phi) is 5.22. The van der Waals surface area contributed by atoms with E-state index in [2.05, 4.69) is 31.1 Å². The molecule has 1 aliphatic rings. The van der Waals surface area contributed by atoms with E-state index in [4.69, 9.17) is 5.84 Å². The van der Waals surface area contributed by atoms with E-state index < -0.39 is 0 Å². The van der Waals surface area contributed by atoms with Gasteiger partial charge in [-0.25, -0.2) is 5.84 Å². The number of hydrogen-bond donors (Lipinski definition) is 2. The molecule has 0 bridgehead atoms. The average molecular weight is 227 g/mol. The summed E-state index contributed by atoms with van der Waals surface area (Å²) in [5.41, 5.74) is 2.30. The molecule has 1 rings (SSSR count). The molecule has 0 saturated heterocycles. The van der Waals surface area contributed by atoms with Gasteiger partial charge in [-0.3, -0.25) is 15.1 Å². The number of hydrogen-bond acceptors (Lipinski definition) is 3. The summed E-state index contributed by atoms with van der Waals surface area (Å²) < 4.78 is 0. The predicted molar refractivity (Wildman–Crippen MR) is 65.6 cm³/mol. The Hall–Kier alpha value is -0.610. The van der Waals surface area contributed by atoms with Crippen LogP contribution in [0.4, 0.5) is 0 Å². The van der Waals surface area contributed by atoms with Gasteiger partial charge in [0.25, 0.3) is 5.91 Å². The van der Waals surface area contributed by atoms with Crippen molar-refractivity contribution in [3.8, 4) is 0 Å². The van der Waals surface area contributed by atoms with E-state index in [1.54, 1.807) is 0 Å². The van der Waals surface area contributed by atoms with E-state index >= 15 is 0 Å². The van der Waals surface area contributed by atoms with Gasteiger partial charge in [0, 0.05) is 12.6 Å². The van der Waals surface area contributed by atoms with Crippen molar-refractivity contribution in [2.24, 2.45) is 11.8 Å². The van der Waals surface area contributed by atoms with Crippen LogP contribution in [0.15, 0.2) is 0 Å². The maximum Gasteiger partial charge on any atom is 0.251 e. The van der Waals surface area contributed by atoms with Crippen molar-refractivity contribution >= 4 is 5.91 Å². The van der Waals surface area contributed by atoms with Crippen molar-refractivity contribution in [3.63, 3.8) is 0 Å². The number of amides is 1. The molecule has 0 aromatic heterocycles. The lowest BCUT2D eigenvalue weighted by atomic mass is 10.1. The summed E-state index contributed by atoms with van der Waals surface area (Å²) in [6, 6.07) is 0.338. The molecule has 0 heterocycles. The summed E-state index contributed by atoms with van der Waals surface area (Å²) in [6.07, 6.45) is 4.51. The van der Waals surface area contributed by atoms with Gasteiger partial charge in [-0.05, 0) is 39.0 Å². The Morgan fingerprint density at radius 3 is 2.50 bits per heavy atom. The molecule has 94 valence electrons. The van der Waals surface area contributed by atoms with E-state index in [1.165, 1.54) is 12.8 Å². The third-order valence-electron chi connectivity index (χ3n) is 3.24. The van der Waals surface area contributed by atoms with Crippen LogP contribution in [0, 0.1) is 5.92 Å². The summed E-state index contributed by atoms with van der Waals surface area (Å²) in [6.45, 7) is 7.44. The Balaban J connectivity index is 2.64. The van der Waals surface area contributed by atoms with Crippen LogP contribution >= 0.6 is 0 Å². The van der Waals surface area contributed by atoms with E-state index in [1.807, 2.05) is 0 Å².